The predicted molar refractivity (Wildman–Crippen MR) is 64.0 cm³/mol. The van der Waals surface area contributed by atoms with Gasteiger partial charge in [-0.2, -0.15) is 0 Å². The standard InChI is InChI=1S/C11H14N4O3/c1-14-9(5-10(16)15(2)11(14)17)7-12-6-8-3-4-18-13-8/h3-5,12H,6-7H2,1-2H3. The van der Waals surface area contributed by atoms with E-state index >= 15 is 0 Å². The van der Waals surface area contributed by atoms with Crippen molar-refractivity contribution in [2.75, 3.05) is 0 Å². The minimum absolute atomic E-state index is 0.309. The van der Waals surface area contributed by atoms with Gasteiger partial charge in [-0.05, 0) is 0 Å². The summed E-state index contributed by atoms with van der Waals surface area (Å²) in [6.45, 7) is 0.925. The van der Waals surface area contributed by atoms with Crippen LogP contribution in [-0.4, -0.2) is 14.3 Å². The second kappa shape index (κ2) is 5.01. The fraction of sp³-hybridized carbons (Fsp3) is 0.364. The molecule has 0 aliphatic heterocycles. The summed E-state index contributed by atoms with van der Waals surface area (Å²) in [6, 6.07) is 3.19. The van der Waals surface area contributed by atoms with Gasteiger partial charge in [-0.15, -0.1) is 0 Å². The maximum absolute atomic E-state index is 11.7. The lowest BCUT2D eigenvalue weighted by atomic mass is 10.3. The van der Waals surface area contributed by atoms with Crippen molar-refractivity contribution in [2.24, 2.45) is 14.1 Å². The lowest BCUT2D eigenvalue weighted by Gasteiger charge is -2.09. The molecule has 2 aromatic heterocycles. The summed E-state index contributed by atoms with van der Waals surface area (Å²) in [5.74, 6) is 0. The average molecular weight is 250 g/mol. The van der Waals surface area contributed by atoms with Crippen molar-refractivity contribution in [3.05, 3.63) is 50.6 Å². The lowest BCUT2D eigenvalue weighted by Crippen LogP contribution is -2.39. The van der Waals surface area contributed by atoms with Gasteiger partial charge in [-0.3, -0.25) is 13.9 Å². The first kappa shape index (κ1) is 12.3. The van der Waals surface area contributed by atoms with Crippen LogP contribution in [0.3, 0.4) is 0 Å². The van der Waals surface area contributed by atoms with E-state index in [2.05, 4.69) is 10.5 Å². The third kappa shape index (κ3) is 2.40. The van der Waals surface area contributed by atoms with Crippen molar-refractivity contribution in [2.45, 2.75) is 13.1 Å². The minimum atomic E-state index is -0.333. The fourth-order valence-electron chi connectivity index (χ4n) is 1.60. The van der Waals surface area contributed by atoms with Crippen molar-refractivity contribution in [1.82, 2.24) is 19.6 Å². The fourth-order valence-corrected chi connectivity index (χ4v) is 1.60. The predicted octanol–water partition coefficient (Wildman–Crippen LogP) is -0.638. The van der Waals surface area contributed by atoms with Crippen LogP contribution in [0.15, 0.2) is 32.5 Å². The molecule has 7 heteroatoms. The third-order valence-corrected chi connectivity index (χ3v) is 2.73. The average Bonchev–Trinajstić information content (AvgIpc) is 2.86. The normalized spacial score (nSPS) is 10.8. The molecule has 0 aliphatic rings. The number of nitrogens with one attached hydrogen (secondary N) is 1. The molecule has 0 bridgehead atoms. The molecule has 0 fully saturated rings. The van der Waals surface area contributed by atoms with E-state index in [1.165, 1.54) is 23.9 Å². The van der Waals surface area contributed by atoms with Crippen LogP contribution < -0.4 is 16.6 Å². The van der Waals surface area contributed by atoms with E-state index in [0.29, 0.717) is 18.8 Å². The van der Waals surface area contributed by atoms with Crippen LogP contribution in [0, 0.1) is 0 Å². The molecule has 2 aromatic rings. The molecule has 0 aliphatic carbocycles. The number of aromatic nitrogens is 3. The highest BCUT2D eigenvalue weighted by molar-refractivity contribution is 5.02. The second-order valence-corrected chi connectivity index (χ2v) is 3.97. The molecule has 96 valence electrons. The van der Waals surface area contributed by atoms with E-state index in [1.54, 1.807) is 13.1 Å². The summed E-state index contributed by atoms with van der Waals surface area (Å²) in [7, 11) is 3.09. The molecule has 2 heterocycles. The molecule has 0 unspecified atom stereocenters. The molecule has 0 atom stereocenters. The molecular formula is C11H14N4O3. The Morgan fingerprint density at radius 1 is 1.28 bits per heavy atom. The zero-order valence-corrected chi connectivity index (χ0v) is 10.2. The lowest BCUT2D eigenvalue weighted by molar-refractivity contribution is 0.408. The van der Waals surface area contributed by atoms with Crippen molar-refractivity contribution in [1.29, 1.82) is 0 Å². The Bertz CT molecular complexity index is 639. The first-order valence-corrected chi connectivity index (χ1v) is 5.45. The van der Waals surface area contributed by atoms with Crippen LogP contribution in [0.1, 0.15) is 11.4 Å². The molecule has 1 N–H and O–H groups in total. The highest BCUT2D eigenvalue weighted by Crippen LogP contribution is 1.95. The largest absolute Gasteiger partial charge is 0.364 e. The Balaban J connectivity index is 2.10. The molecule has 2 rings (SSSR count). The summed E-state index contributed by atoms with van der Waals surface area (Å²) in [5, 5.41) is 6.84. The Kier molecular flexibility index (Phi) is 3.42. The van der Waals surface area contributed by atoms with E-state index in [-0.39, 0.29) is 11.2 Å². The smallest absolute Gasteiger partial charge is 0.330 e. The van der Waals surface area contributed by atoms with Crippen molar-refractivity contribution in [3.63, 3.8) is 0 Å². The molecular weight excluding hydrogens is 236 g/mol. The Morgan fingerprint density at radius 2 is 2.06 bits per heavy atom. The van der Waals surface area contributed by atoms with Crippen LogP contribution >= 0.6 is 0 Å². The number of hydrogen-bond acceptors (Lipinski definition) is 5. The Morgan fingerprint density at radius 3 is 2.72 bits per heavy atom. The molecule has 7 nitrogen and oxygen atoms in total. The van der Waals surface area contributed by atoms with E-state index in [1.807, 2.05) is 0 Å². The maximum Gasteiger partial charge on any atom is 0.330 e. The van der Waals surface area contributed by atoms with Gasteiger partial charge in [0.15, 0.2) is 0 Å². The summed E-state index contributed by atoms with van der Waals surface area (Å²) in [4.78, 5) is 23.2. The van der Waals surface area contributed by atoms with Gasteiger partial charge < -0.3 is 9.84 Å². The van der Waals surface area contributed by atoms with E-state index < -0.39 is 0 Å². The highest BCUT2D eigenvalue weighted by Gasteiger charge is 2.05. The molecule has 0 saturated carbocycles. The topological polar surface area (TPSA) is 82.1 Å². The molecule has 18 heavy (non-hydrogen) atoms. The molecule has 0 aromatic carbocycles. The third-order valence-electron chi connectivity index (χ3n) is 2.73. The molecule has 0 spiro atoms. The quantitative estimate of drug-likeness (QED) is 0.780. The van der Waals surface area contributed by atoms with Gasteiger partial charge in [0, 0.05) is 45.0 Å². The number of rotatable bonds is 4. The first-order valence-electron chi connectivity index (χ1n) is 5.45. The Hall–Kier alpha value is -2.15. The van der Waals surface area contributed by atoms with Gasteiger partial charge in [0.05, 0.1) is 5.69 Å². The van der Waals surface area contributed by atoms with Crippen LogP contribution in [0.5, 0.6) is 0 Å². The zero-order valence-electron chi connectivity index (χ0n) is 10.2. The zero-order chi connectivity index (χ0) is 13.1. The van der Waals surface area contributed by atoms with E-state index in [9.17, 15) is 9.59 Å². The van der Waals surface area contributed by atoms with Crippen LogP contribution in [0.4, 0.5) is 0 Å². The molecule has 0 amide bonds. The summed E-state index contributed by atoms with van der Waals surface area (Å²) >= 11 is 0. The van der Waals surface area contributed by atoms with Gasteiger partial charge in [0.1, 0.15) is 6.26 Å². The summed E-state index contributed by atoms with van der Waals surface area (Å²) in [5.41, 5.74) is 0.757. The van der Waals surface area contributed by atoms with Gasteiger partial charge in [-0.1, -0.05) is 5.16 Å². The Labute approximate surface area is 103 Å². The van der Waals surface area contributed by atoms with E-state index in [0.717, 1.165) is 10.3 Å². The second-order valence-electron chi connectivity index (χ2n) is 3.97. The summed E-state index contributed by atoms with van der Waals surface area (Å²) < 4.78 is 7.21. The van der Waals surface area contributed by atoms with Crippen LogP contribution in [0.2, 0.25) is 0 Å². The van der Waals surface area contributed by atoms with Crippen LogP contribution in [-0.2, 0) is 27.2 Å². The maximum atomic E-state index is 11.7. The van der Waals surface area contributed by atoms with Gasteiger partial charge in [0.2, 0.25) is 0 Å². The van der Waals surface area contributed by atoms with Gasteiger partial charge >= 0.3 is 5.69 Å². The van der Waals surface area contributed by atoms with Gasteiger partial charge in [0.25, 0.3) is 5.56 Å². The minimum Gasteiger partial charge on any atom is -0.364 e. The summed E-state index contributed by atoms with van der Waals surface area (Å²) in [6.07, 6.45) is 1.49. The van der Waals surface area contributed by atoms with Crippen molar-refractivity contribution >= 4 is 0 Å². The van der Waals surface area contributed by atoms with Gasteiger partial charge in [-0.25, -0.2) is 4.79 Å². The number of nitrogens with zero attached hydrogens (tertiary/aromatic N) is 3. The van der Waals surface area contributed by atoms with Crippen molar-refractivity contribution < 1.29 is 4.52 Å². The first-order chi connectivity index (χ1) is 8.59. The van der Waals surface area contributed by atoms with Crippen LogP contribution in [0.25, 0.3) is 0 Å². The monoisotopic (exact) mass is 250 g/mol. The molecule has 0 radical (unpaired) electrons. The SMILES string of the molecule is Cn1c(CNCc2ccon2)cc(=O)n(C)c1=O. The highest BCUT2D eigenvalue weighted by atomic mass is 16.5. The number of hydrogen-bond donors (Lipinski definition) is 1. The van der Waals surface area contributed by atoms with E-state index in [4.69, 9.17) is 4.52 Å². The molecule has 0 saturated heterocycles. The van der Waals surface area contributed by atoms with Crippen molar-refractivity contribution in [3.8, 4) is 0 Å².